The predicted molar refractivity (Wildman–Crippen MR) is 104 cm³/mol. The zero-order chi connectivity index (χ0) is 18.2. The maximum Gasteiger partial charge on any atom is 0.232 e. The van der Waals surface area contributed by atoms with Gasteiger partial charge in [-0.25, -0.2) is 0 Å². The van der Waals surface area contributed by atoms with Crippen LogP contribution in [0.25, 0.3) is 0 Å². The number of aromatic nitrogens is 2. The number of nitrogen functional groups attached to an aromatic ring is 1. The molecule has 1 atom stereocenters. The molecule has 1 fully saturated rings. The molecule has 1 saturated heterocycles. The second-order valence-electron chi connectivity index (χ2n) is 6.29. The van der Waals surface area contributed by atoms with Crippen molar-refractivity contribution in [1.29, 1.82) is 0 Å². The minimum absolute atomic E-state index is 0.179. The maximum atomic E-state index is 11.1. The Bertz CT molecular complexity index is 728. The van der Waals surface area contributed by atoms with Gasteiger partial charge in [0, 0.05) is 21.8 Å². The van der Waals surface area contributed by atoms with Gasteiger partial charge in [-0.2, -0.15) is 0 Å². The quantitative estimate of drug-likeness (QED) is 0.540. The largest absolute Gasteiger partial charge is 0.546 e. The van der Waals surface area contributed by atoms with Gasteiger partial charge in [0.05, 0.1) is 0 Å². The highest BCUT2D eigenvalue weighted by Gasteiger charge is 2.11. The second kappa shape index (κ2) is 9.51. The van der Waals surface area contributed by atoms with E-state index in [2.05, 4.69) is 31.1 Å². The van der Waals surface area contributed by atoms with Crippen molar-refractivity contribution in [2.24, 2.45) is 0 Å². The first-order valence-electron chi connectivity index (χ1n) is 8.89. The zero-order valence-corrected chi connectivity index (χ0v) is 15.6. The van der Waals surface area contributed by atoms with E-state index in [1.807, 2.05) is 24.3 Å². The van der Waals surface area contributed by atoms with Gasteiger partial charge in [-0.1, -0.05) is 24.6 Å². The van der Waals surface area contributed by atoms with Gasteiger partial charge in [0.1, 0.15) is 12.4 Å². The first-order valence-corrected chi connectivity index (χ1v) is 9.95. The third kappa shape index (κ3) is 5.69. The van der Waals surface area contributed by atoms with Crippen molar-refractivity contribution in [2.75, 3.05) is 37.3 Å². The first-order chi connectivity index (χ1) is 12.7. The van der Waals surface area contributed by atoms with Crippen molar-refractivity contribution < 1.29 is 9.29 Å². The standard InChI is InChI=1S/C18H25N5O2S/c19-17-18(22-26(24)21-17)20-9-2-5-12-25-16-8-6-7-15(13-16)14-23-10-3-1-4-11-23/h2,5-8,13H,1,3-4,9-12,14H2,(H2,19,21)(H,20,22)/b5-2+. The van der Waals surface area contributed by atoms with Crippen LogP contribution in [0, 0.1) is 0 Å². The molecule has 0 aliphatic carbocycles. The minimum Gasteiger partial charge on any atom is -0.546 e. The number of piperidine rings is 1. The lowest BCUT2D eigenvalue weighted by Gasteiger charge is -2.26. The fraction of sp³-hybridized carbons (Fsp3) is 0.444. The summed E-state index contributed by atoms with van der Waals surface area (Å²) in [6.45, 7) is 4.37. The Hall–Kier alpha value is -2.16. The summed E-state index contributed by atoms with van der Waals surface area (Å²) in [6.07, 6.45) is 7.79. The topological polar surface area (TPSA) is 99.4 Å². The number of nitrogens with two attached hydrogens (primary N) is 1. The molecule has 0 radical (unpaired) electrons. The van der Waals surface area contributed by atoms with Gasteiger partial charge >= 0.3 is 0 Å². The summed E-state index contributed by atoms with van der Waals surface area (Å²) in [5.74, 6) is 1.43. The van der Waals surface area contributed by atoms with Crippen molar-refractivity contribution in [3.63, 3.8) is 0 Å². The first kappa shape index (κ1) is 18.6. The van der Waals surface area contributed by atoms with Crippen LogP contribution in [-0.4, -0.2) is 44.4 Å². The van der Waals surface area contributed by atoms with Crippen molar-refractivity contribution in [3.8, 4) is 5.75 Å². The fourth-order valence-corrected chi connectivity index (χ4v) is 3.57. The molecule has 1 aliphatic heterocycles. The SMILES string of the molecule is Nc1n[s+]([O-])nc1NC/C=C/COc1cccc(CN2CCCCC2)c1. The molecule has 26 heavy (non-hydrogen) atoms. The normalized spacial score (nSPS) is 16.1. The van der Waals surface area contributed by atoms with Crippen molar-refractivity contribution >= 4 is 22.8 Å². The summed E-state index contributed by atoms with van der Waals surface area (Å²) in [6, 6.07) is 8.28. The Morgan fingerprint density at radius 1 is 1.23 bits per heavy atom. The molecule has 2 aromatic rings. The average molecular weight is 375 g/mol. The molecule has 2 heterocycles. The number of ether oxygens (including phenoxy) is 1. The summed E-state index contributed by atoms with van der Waals surface area (Å²) >= 11 is -1.59. The Morgan fingerprint density at radius 2 is 2.08 bits per heavy atom. The number of nitrogens with one attached hydrogen (secondary N) is 1. The fourth-order valence-electron chi connectivity index (χ4n) is 2.96. The van der Waals surface area contributed by atoms with Gasteiger partial charge in [-0.3, -0.25) is 4.90 Å². The molecule has 7 nitrogen and oxygen atoms in total. The molecular weight excluding hydrogens is 350 g/mol. The van der Waals surface area contributed by atoms with Crippen molar-refractivity contribution in [3.05, 3.63) is 42.0 Å². The Balaban J connectivity index is 1.40. The third-order valence-electron chi connectivity index (χ3n) is 4.24. The predicted octanol–water partition coefficient (Wildman–Crippen LogP) is 2.82. The van der Waals surface area contributed by atoms with E-state index in [0.717, 1.165) is 12.3 Å². The molecule has 1 unspecified atom stereocenters. The van der Waals surface area contributed by atoms with Gasteiger partial charge in [0.25, 0.3) is 0 Å². The van der Waals surface area contributed by atoms with E-state index in [9.17, 15) is 4.55 Å². The van der Waals surface area contributed by atoms with Gasteiger partial charge in [-0.05, 0) is 49.7 Å². The Morgan fingerprint density at radius 3 is 2.85 bits per heavy atom. The van der Waals surface area contributed by atoms with Crippen molar-refractivity contribution in [2.45, 2.75) is 25.8 Å². The zero-order valence-electron chi connectivity index (χ0n) is 14.8. The number of likely N-dealkylation sites (tertiary alicyclic amines) is 1. The summed E-state index contributed by atoms with van der Waals surface area (Å²) in [4.78, 5) is 2.50. The number of hydrogen-bond acceptors (Lipinski definition) is 7. The van der Waals surface area contributed by atoms with Crippen LogP contribution in [-0.2, 0) is 6.54 Å². The summed E-state index contributed by atoms with van der Waals surface area (Å²) in [7, 11) is 0. The molecule has 0 amide bonds. The monoisotopic (exact) mass is 375 g/mol. The average Bonchev–Trinajstić information content (AvgIpc) is 2.96. The molecule has 1 aromatic carbocycles. The molecule has 140 valence electrons. The second-order valence-corrected chi connectivity index (χ2v) is 7.12. The molecule has 3 N–H and O–H groups in total. The number of rotatable bonds is 8. The van der Waals surface area contributed by atoms with Gasteiger partial charge in [-0.15, -0.1) is 0 Å². The molecule has 1 aromatic heterocycles. The highest BCUT2D eigenvalue weighted by molar-refractivity contribution is 7.14. The Labute approximate surface area is 157 Å². The maximum absolute atomic E-state index is 11.1. The van der Waals surface area contributed by atoms with Crippen LogP contribution in [0.4, 0.5) is 11.6 Å². The molecule has 3 rings (SSSR count). The minimum atomic E-state index is -1.59. The van der Waals surface area contributed by atoms with Crippen LogP contribution in [0.3, 0.4) is 0 Å². The van der Waals surface area contributed by atoms with Gasteiger partial charge in [0.15, 0.2) is 11.1 Å². The van der Waals surface area contributed by atoms with E-state index in [-0.39, 0.29) is 5.82 Å². The van der Waals surface area contributed by atoms with E-state index in [0.29, 0.717) is 19.0 Å². The van der Waals surface area contributed by atoms with E-state index in [1.165, 1.54) is 37.9 Å². The van der Waals surface area contributed by atoms with E-state index in [1.54, 1.807) is 0 Å². The van der Waals surface area contributed by atoms with E-state index in [4.69, 9.17) is 10.5 Å². The number of hydrogen-bond donors (Lipinski definition) is 2. The Kier molecular flexibility index (Phi) is 6.82. The molecule has 0 spiro atoms. The molecule has 0 saturated carbocycles. The highest BCUT2D eigenvalue weighted by atomic mass is 32.2. The number of anilines is 2. The molecular formula is C18H25N5O2S. The van der Waals surface area contributed by atoms with E-state index < -0.39 is 11.1 Å². The van der Waals surface area contributed by atoms with Crippen LogP contribution in [0.15, 0.2) is 36.4 Å². The summed E-state index contributed by atoms with van der Waals surface area (Å²) in [5.41, 5.74) is 6.87. The van der Waals surface area contributed by atoms with Crippen LogP contribution >= 0.6 is 11.1 Å². The van der Waals surface area contributed by atoms with Gasteiger partial charge < -0.3 is 20.3 Å². The smallest absolute Gasteiger partial charge is 0.232 e. The molecule has 1 aliphatic rings. The lowest BCUT2D eigenvalue weighted by atomic mass is 10.1. The van der Waals surface area contributed by atoms with Crippen molar-refractivity contribution in [1.82, 2.24) is 13.6 Å². The van der Waals surface area contributed by atoms with Crippen LogP contribution in [0.5, 0.6) is 5.75 Å². The molecule has 0 bridgehead atoms. The summed E-state index contributed by atoms with van der Waals surface area (Å²) < 4.78 is 24.3. The molecule has 8 heteroatoms. The van der Waals surface area contributed by atoms with Crippen LogP contribution in [0.1, 0.15) is 24.8 Å². The lowest BCUT2D eigenvalue weighted by molar-refractivity contribution is 0.220. The number of nitrogens with zero attached hydrogens (tertiary/aromatic N) is 3. The third-order valence-corrected chi connectivity index (χ3v) is 4.93. The van der Waals surface area contributed by atoms with E-state index >= 15 is 0 Å². The van der Waals surface area contributed by atoms with Crippen LogP contribution in [0.2, 0.25) is 0 Å². The lowest BCUT2D eigenvalue weighted by Crippen LogP contribution is -2.29. The van der Waals surface area contributed by atoms with Crippen LogP contribution < -0.4 is 15.8 Å². The highest BCUT2D eigenvalue weighted by Crippen LogP contribution is 2.19. The summed E-state index contributed by atoms with van der Waals surface area (Å²) in [5, 5.41) is 2.97. The van der Waals surface area contributed by atoms with Gasteiger partial charge in [0.2, 0.25) is 11.6 Å². The number of benzene rings is 1.